The maximum absolute atomic E-state index is 12.7. The summed E-state index contributed by atoms with van der Waals surface area (Å²) in [5, 5.41) is 15.1. The number of hydrogen-bond acceptors (Lipinski definition) is 3. The first-order chi connectivity index (χ1) is 8.00. The second-order valence-corrected chi connectivity index (χ2v) is 3.68. The van der Waals surface area contributed by atoms with Crippen molar-refractivity contribution in [3.8, 4) is 6.07 Å². The molecule has 0 bridgehead atoms. The highest BCUT2D eigenvalue weighted by atomic mass is 19.4. The fourth-order valence-corrected chi connectivity index (χ4v) is 1.51. The van der Waals surface area contributed by atoms with Crippen molar-refractivity contribution in [1.82, 2.24) is 15.0 Å². The molecule has 0 fully saturated rings. The van der Waals surface area contributed by atoms with Gasteiger partial charge in [-0.15, -0.1) is 5.10 Å². The Morgan fingerprint density at radius 3 is 2.53 bits per heavy atom. The van der Waals surface area contributed by atoms with Crippen LogP contribution >= 0.6 is 0 Å². The van der Waals surface area contributed by atoms with Crippen LogP contribution < -0.4 is 0 Å². The number of nitrogens with zero attached hydrogens (tertiary/aromatic N) is 4. The van der Waals surface area contributed by atoms with E-state index < -0.39 is 17.6 Å². The van der Waals surface area contributed by atoms with Crippen LogP contribution in [0.1, 0.15) is 44.0 Å². The van der Waals surface area contributed by atoms with Gasteiger partial charge in [-0.2, -0.15) is 18.4 Å². The molecule has 0 aliphatic heterocycles. The highest BCUT2D eigenvalue weighted by Gasteiger charge is 2.39. The quantitative estimate of drug-likeness (QED) is 0.750. The van der Waals surface area contributed by atoms with Crippen LogP contribution in [0.2, 0.25) is 0 Å². The molecular formula is C10H13F3N4. The first kappa shape index (κ1) is 13.5. The fraction of sp³-hybridized carbons (Fsp3) is 0.700. The van der Waals surface area contributed by atoms with E-state index in [-0.39, 0.29) is 6.54 Å². The second-order valence-electron chi connectivity index (χ2n) is 3.68. The Bertz CT molecular complexity index is 403. The van der Waals surface area contributed by atoms with E-state index in [0.29, 0.717) is 6.42 Å². The van der Waals surface area contributed by atoms with Crippen molar-refractivity contribution in [1.29, 1.82) is 5.26 Å². The molecule has 1 rings (SSSR count). The summed E-state index contributed by atoms with van der Waals surface area (Å²) in [6.07, 6.45) is -1.16. The van der Waals surface area contributed by atoms with Crippen LogP contribution in [0, 0.1) is 11.3 Å². The molecule has 1 heterocycles. The molecule has 1 aromatic rings. The van der Waals surface area contributed by atoms with Gasteiger partial charge in [0, 0.05) is 6.54 Å². The fourth-order valence-electron chi connectivity index (χ4n) is 1.51. The van der Waals surface area contributed by atoms with Crippen molar-refractivity contribution >= 4 is 0 Å². The summed E-state index contributed by atoms with van der Waals surface area (Å²) < 4.78 is 38.7. The number of aromatic nitrogens is 3. The van der Waals surface area contributed by atoms with Gasteiger partial charge in [-0.1, -0.05) is 31.4 Å². The van der Waals surface area contributed by atoms with Gasteiger partial charge in [-0.05, 0) is 6.42 Å². The van der Waals surface area contributed by atoms with Crippen molar-refractivity contribution in [2.24, 2.45) is 0 Å². The van der Waals surface area contributed by atoms with E-state index in [1.165, 1.54) is 6.07 Å². The van der Waals surface area contributed by atoms with Gasteiger partial charge in [0.2, 0.25) is 0 Å². The van der Waals surface area contributed by atoms with Crippen molar-refractivity contribution in [2.45, 2.75) is 45.3 Å². The van der Waals surface area contributed by atoms with E-state index in [1.807, 2.05) is 6.92 Å². The number of hydrogen-bond donors (Lipinski definition) is 0. The molecule has 0 saturated heterocycles. The van der Waals surface area contributed by atoms with Crippen LogP contribution in [-0.2, 0) is 12.7 Å². The van der Waals surface area contributed by atoms with E-state index in [2.05, 4.69) is 10.3 Å². The van der Waals surface area contributed by atoms with Crippen molar-refractivity contribution in [3.05, 3.63) is 11.4 Å². The minimum Gasteiger partial charge on any atom is -0.239 e. The first-order valence-electron chi connectivity index (χ1n) is 5.41. The topological polar surface area (TPSA) is 54.5 Å². The molecule has 17 heavy (non-hydrogen) atoms. The molecule has 0 aliphatic carbocycles. The number of unbranched alkanes of at least 4 members (excludes halogenated alkanes) is 3. The number of aryl methyl sites for hydroxylation is 1. The molecule has 0 radical (unpaired) electrons. The van der Waals surface area contributed by atoms with E-state index in [1.54, 1.807) is 0 Å². The zero-order valence-electron chi connectivity index (χ0n) is 9.46. The minimum atomic E-state index is -4.58. The van der Waals surface area contributed by atoms with Crippen LogP contribution in [0.25, 0.3) is 0 Å². The van der Waals surface area contributed by atoms with E-state index >= 15 is 0 Å². The average molecular weight is 246 g/mol. The zero-order valence-corrected chi connectivity index (χ0v) is 9.46. The summed E-state index contributed by atoms with van der Waals surface area (Å²) >= 11 is 0. The maximum atomic E-state index is 12.7. The molecular weight excluding hydrogens is 233 g/mol. The van der Waals surface area contributed by atoms with Crippen LogP contribution in [0.4, 0.5) is 13.2 Å². The lowest BCUT2D eigenvalue weighted by Crippen LogP contribution is -2.16. The third-order valence-corrected chi connectivity index (χ3v) is 2.33. The van der Waals surface area contributed by atoms with Gasteiger partial charge < -0.3 is 0 Å². The summed E-state index contributed by atoms with van der Waals surface area (Å²) in [5.41, 5.74) is -1.70. The molecule has 0 spiro atoms. The van der Waals surface area contributed by atoms with Gasteiger partial charge >= 0.3 is 6.18 Å². The lowest BCUT2D eigenvalue weighted by Gasteiger charge is -2.09. The van der Waals surface area contributed by atoms with Gasteiger partial charge in [0.05, 0.1) is 0 Å². The van der Waals surface area contributed by atoms with Crippen LogP contribution in [0.15, 0.2) is 0 Å². The van der Waals surface area contributed by atoms with Gasteiger partial charge in [0.1, 0.15) is 6.07 Å². The normalized spacial score (nSPS) is 11.5. The molecule has 0 unspecified atom stereocenters. The highest BCUT2D eigenvalue weighted by molar-refractivity contribution is 5.26. The second kappa shape index (κ2) is 5.66. The van der Waals surface area contributed by atoms with Crippen molar-refractivity contribution < 1.29 is 13.2 Å². The maximum Gasteiger partial charge on any atom is 0.436 e. The molecule has 7 heteroatoms. The number of alkyl halides is 3. The molecule has 0 aliphatic rings. The number of rotatable bonds is 5. The Kier molecular flexibility index (Phi) is 4.49. The Morgan fingerprint density at radius 2 is 2.00 bits per heavy atom. The highest BCUT2D eigenvalue weighted by Crippen LogP contribution is 2.30. The van der Waals surface area contributed by atoms with E-state index in [4.69, 9.17) is 5.26 Å². The smallest absolute Gasteiger partial charge is 0.239 e. The average Bonchev–Trinajstić information content (AvgIpc) is 2.67. The monoisotopic (exact) mass is 246 g/mol. The first-order valence-corrected chi connectivity index (χ1v) is 5.41. The number of nitriles is 1. The predicted octanol–water partition coefficient (Wildman–Crippen LogP) is 2.75. The minimum absolute atomic E-state index is 0.142. The zero-order chi connectivity index (χ0) is 12.9. The molecule has 4 nitrogen and oxygen atoms in total. The van der Waals surface area contributed by atoms with Gasteiger partial charge in [0.25, 0.3) is 0 Å². The standard InChI is InChI=1S/C10H13F3N4/c1-2-3-4-5-6-17-9(10(11,12)13)8(7-14)15-16-17/h2-6H2,1H3. The molecule has 0 aromatic carbocycles. The number of halogens is 3. The molecule has 0 N–H and O–H groups in total. The van der Waals surface area contributed by atoms with Crippen molar-refractivity contribution in [2.75, 3.05) is 0 Å². The Balaban J connectivity index is 2.79. The summed E-state index contributed by atoms with van der Waals surface area (Å²) in [7, 11) is 0. The Labute approximate surface area is 97.0 Å². The summed E-state index contributed by atoms with van der Waals surface area (Å²) in [6.45, 7) is 2.16. The molecule has 0 amide bonds. The largest absolute Gasteiger partial charge is 0.436 e. The van der Waals surface area contributed by atoms with E-state index in [9.17, 15) is 13.2 Å². The molecule has 1 aromatic heterocycles. The van der Waals surface area contributed by atoms with Crippen molar-refractivity contribution in [3.63, 3.8) is 0 Å². The summed E-state index contributed by atoms with van der Waals surface area (Å²) in [4.78, 5) is 0. The molecule has 0 atom stereocenters. The third-order valence-electron chi connectivity index (χ3n) is 2.33. The van der Waals surface area contributed by atoms with E-state index in [0.717, 1.165) is 23.9 Å². The van der Waals surface area contributed by atoms with Crippen LogP contribution in [0.3, 0.4) is 0 Å². The molecule has 94 valence electrons. The summed E-state index contributed by atoms with van der Waals surface area (Å²) in [5.74, 6) is 0. The predicted molar refractivity (Wildman–Crippen MR) is 53.9 cm³/mol. The Morgan fingerprint density at radius 1 is 1.29 bits per heavy atom. The van der Waals surface area contributed by atoms with Crippen LogP contribution in [0.5, 0.6) is 0 Å². The van der Waals surface area contributed by atoms with Crippen LogP contribution in [-0.4, -0.2) is 15.0 Å². The lowest BCUT2D eigenvalue weighted by molar-refractivity contribution is -0.144. The van der Waals surface area contributed by atoms with Gasteiger partial charge in [-0.25, -0.2) is 4.68 Å². The SMILES string of the molecule is CCCCCCn1nnc(C#N)c1C(F)(F)F. The van der Waals surface area contributed by atoms with Gasteiger partial charge in [-0.3, -0.25) is 0 Å². The lowest BCUT2D eigenvalue weighted by atomic mass is 10.2. The van der Waals surface area contributed by atoms with Gasteiger partial charge in [0.15, 0.2) is 11.4 Å². The third kappa shape index (κ3) is 3.44. The Hall–Kier alpha value is -1.58. The molecule has 0 saturated carbocycles. The summed E-state index contributed by atoms with van der Waals surface area (Å²) in [6, 6.07) is 1.41.